The summed E-state index contributed by atoms with van der Waals surface area (Å²) in [6.45, 7) is 2.26. The molecule has 3 aromatic carbocycles. The molecule has 0 atom stereocenters. The van der Waals surface area contributed by atoms with Crippen molar-refractivity contribution in [3.8, 4) is 5.75 Å². The Hall–Kier alpha value is -2.56. The van der Waals surface area contributed by atoms with Crippen molar-refractivity contribution in [3.05, 3.63) is 102 Å². The van der Waals surface area contributed by atoms with E-state index in [0.717, 1.165) is 0 Å². The van der Waals surface area contributed by atoms with Gasteiger partial charge >= 0.3 is 25.5 Å². The normalized spacial score (nSPS) is 9.40. The molecular formula is C26H28CoO3-2. The van der Waals surface area contributed by atoms with Crippen LogP contribution >= 0.6 is 0 Å². The van der Waals surface area contributed by atoms with Crippen LogP contribution in [0.4, 0.5) is 0 Å². The van der Waals surface area contributed by atoms with Crippen LogP contribution in [0, 0.1) is 12.1 Å². The number of esters is 1. The third-order valence-electron chi connectivity index (χ3n) is 4.26. The van der Waals surface area contributed by atoms with E-state index in [9.17, 15) is 4.79 Å². The van der Waals surface area contributed by atoms with Crippen molar-refractivity contribution in [3.63, 3.8) is 0 Å². The van der Waals surface area contributed by atoms with Gasteiger partial charge in [0.15, 0.2) is 0 Å². The summed E-state index contributed by atoms with van der Waals surface area (Å²) in [6.07, 6.45) is 8.08. The quantitative estimate of drug-likeness (QED) is 0.169. The second-order valence-corrected chi connectivity index (χ2v) is 6.56. The first-order valence-corrected chi connectivity index (χ1v) is 10.5. The molecule has 0 bridgehead atoms. The molecule has 3 rings (SSSR count). The monoisotopic (exact) mass is 447 g/mol. The number of carbonyl (C=O) groups excluding carboxylic acids is 1. The molecular weight excluding hydrogens is 419 g/mol. The van der Waals surface area contributed by atoms with E-state index < -0.39 is 0 Å². The fourth-order valence-electron chi connectivity index (χ4n) is 2.70. The van der Waals surface area contributed by atoms with Gasteiger partial charge in [0.05, 0.1) is 0 Å². The summed E-state index contributed by atoms with van der Waals surface area (Å²) in [5.74, 6) is 0.200. The van der Waals surface area contributed by atoms with Crippen molar-refractivity contribution < 1.29 is 29.1 Å². The molecule has 0 spiro atoms. The maximum absolute atomic E-state index is 11.6. The molecule has 0 heterocycles. The summed E-state index contributed by atoms with van der Waals surface area (Å²) >= 11 is 2.31. The van der Waals surface area contributed by atoms with Crippen LogP contribution in [0.15, 0.2) is 78.9 Å². The zero-order valence-corrected chi connectivity index (χ0v) is 18.3. The molecule has 0 unspecified atom stereocenters. The van der Waals surface area contributed by atoms with E-state index in [0.29, 0.717) is 11.3 Å². The molecule has 0 fully saturated rings. The Kier molecular flexibility index (Phi) is 14.7. The van der Waals surface area contributed by atoms with Crippen LogP contribution in [0.5, 0.6) is 5.75 Å². The van der Waals surface area contributed by atoms with Gasteiger partial charge in [0.25, 0.3) is 0 Å². The number of benzene rings is 3. The summed E-state index contributed by atoms with van der Waals surface area (Å²) in [4.78, 5) is 11.6. The van der Waals surface area contributed by atoms with Crippen molar-refractivity contribution >= 4 is 5.97 Å². The molecule has 0 aromatic heterocycles. The van der Waals surface area contributed by atoms with Gasteiger partial charge in [-0.25, -0.2) is 4.79 Å². The Morgan fingerprint density at radius 2 is 1.37 bits per heavy atom. The summed E-state index contributed by atoms with van der Waals surface area (Å²) < 4.78 is 13.1. The van der Waals surface area contributed by atoms with E-state index in [4.69, 9.17) is 8.60 Å². The number of para-hydroxylation sites is 1. The fourth-order valence-corrected chi connectivity index (χ4v) is 2.70. The van der Waals surface area contributed by atoms with E-state index in [1.54, 1.807) is 36.4 Å². The van der Waals surface area contributed by atoms with E-state index in [2.05, 4.69) is 46.9 Å². The first-order valence-electron chi connectivity index (χ1n) is 10.1. The van der Waals surface area contributed by atoms with Gasteiger partial charge in [-0.2, -0.15) is 66.2 Å². The number of unbranched alkanes of at least 4 members (excludes halogenated alkanes) is 4. The number of aryl methyl sites for hydroxylation is 1. The summed E-state index contributed by atoms with van der Waals surface area (Å²) in [6, 6.07) is 29.9. The molecule has 0 aliphatic rings. The van der Waals surface area contributed by atoms with Crippen molar-refractivity contribution in [1.29, 1.82) is 0 Å². The van der Waals surface area contributed by atoms with Gasteiger partial charge in [-0.1, -0.05) is 63.6 Å². The average molecular weight is 447 g/mol. The van der Waals surface area contributed by atoms with Crippen molar-refractivity contribution in [1.82, 2.24) is 0 Å². The zero-order chi connectivity index (χ0) is 21.9. The third kappa shape index (κ3) is 11.4. The van der Waals surface area contributed by atoms with Gasteiger partial charge in [-0.05, 0) is 17.7 Å². The molecule has 0 saturated heterocycles. The van der Waals surface area contributed by atoms with E-state index in [-0.39, 0.29) is 5.97 Å². The number of hydrogen-bond donors (Lipinski definition) is 0. The SMILES string of the molecule is CCCCCCCc1cc[c-]cc1.O=C(Oc1ccccc1)c1cc[c-]cc1.[O]=[Co]. The standard InChI is InChI=1S/C13H9O2.C13H19.Co.O/c14-13(11-7-3-1-4-8-11)15-12-9-5-2-6-10-12;1-2-3-4-5-7-10-13-11-8-6-9-12-13;;/h2-10H;8-9,11-12H,2-5,7,10H2,1H3;;/q2*-1;;. The van der Waals surface area contributed by atoms with Gasteiger partial charge in [-0.15, -0.1) is 0 Å². The van der Waals surface area contributed by atoms with Gasteiger partial charge in [-0.3, -0.25) is 0 Å². The predicted octanol–water partition coefficient (Wildman–Crippen LogP) is 6.58. The number of ether oxygens (including phenoxy) is 1. The Balaban J connectivity index is 0.000000280. The number of carbonyl (C=O) groups is 1. The molecule has 4 heteroatoms. The summed E-state index contributed by atoms with van der Waals surface area (Å²) in [5.41, 5.74) is 1.98. The molecule has 0 aliphatic heterocycles. The molecule has 0 amide bonds. The number of rotatable bonds is 8. The van der Waals surface area contributed by atoms with Gasteiger partial charge in [0.2, 0.25) is 0 Å². The molecule has 0 radical (unpaired) electrons. The van der Waals surface area contributed by atoms with Crippen LogP contribution < -0.4 is 4.74 Å². The first-order chi connectivity index (χ1) is 14.8. The molecule has 161 valence electrons. The van der Waals surface area contributed by atoms with Gasteiger partial charge in [0, 0.05) is 0 Å². The molecule has 0 N–H and O–H groups in total. The van der Waals surface area contributed by atoms with E-state index in [1.807, 2.05) is 30.3 Å². The van der Waals surface area contributed by atoms with Crippen molar-refractivity contribution in [2.75, 3.05) is 0 Å². The van der Waals surface area contributed by atoms with Gasteiger partial charge < -0.3 is 4.74 Å². The summed E-state index contributed by atoms with van der Waals surface area (Å²) in [5, 5.41) is 0. The zero-order valence-electron chi connectivity index (χ0n) is 17.3. The molecule has 0 saturated carbocycles. The minimum absolute atomic E-state index is 0.352. The average Bonchev–Trinajstić information content (AvgIpc) is 2.83. The third-order valence-corrected chi connectivity index (χ3v) is 4.26. The van der Waals surface area contributed by atoms with Crippen LogP contribution in [-0.4, -0.2) is 5.97 Å². The molecule has 0 aliphatic carbocycles. The minimum atomic E-state index is -0.352. The van der Waals surface area contributed by atoms with Crippen molar-refractivity contribution in [2.24, 2.45) is 0 Å². The van der Waals surface area contributed by atoms with Crippen LogP contribution in [0.1, 0.15) is 54.9 Å². The second-order valence-electron chi connectivity index (χ2n) is 6.56. The van der Waals surface area contributed by atoms with Crippen LogP contribution in [0.3, 0.4) is 0 Å². The Morgan fingerprint density at radius 3 is 1.97 bits per heavy atom. The molecule has 3 aromatic rings. The van der Waals surface area contributed by atoms with Crippen molar-refractivity contribution in [2.45, 2.75) is 45.4 Å². The number of hydrogen-bond acceptors (Lipinski definition) is 3. The van der Waals surface area contributed by atoms with E-state index >= 15 is 0 Å². The fraction of sp³-hybridized carbons (Fsp3) is 0.269. The topological polar surface area (TPSA) is 43.4 Å². The first kappa shape index (κ1) is 25.5. The molecule has 3 nitrogen and oxygen atoms in total. The predicted molar refractivity (Wildman–Crippen MR) is 115 cm³/mol. The van der Waals surface area contributed by atoms with Crippen LogP contribution in [-0.2, 0) is 26.0 Å². The molecule has 30 heavy (non-hydrogen) atoms. The maximum atomic E-state index is 11.6. The van der Waals surface area contributed by atoms with Crippen LogP contribution in [0.25, 0.3) is 0 Å². The Morgan fingerprint density at radius 1 is 0.800 bits per heavy atom. The summed E-state index contributed by atoms with van der Waals surface area (Å²) in [7, 11) is 0. The second kappa shape index (κ2) is 17.3. The Labute approximate surface area is 188 Å². The van der Waals surface area contributed by atoms with Crippen LogP contribution in [0.2, 0.25) is 0 Å². The van der Waals surface area contributed by atoms with Gasteiger partial charge in [0.1, 0.15) is 5.75 Å². The Bertz CT molecular complexity index is 792. The van der Waals surface area contributed by atoms with E-state index in [1.165, 1.54) is 44.1 Å².